The number of nitrogens with zero attached hydrogens (tertiary/aromatic N) is 1. The molecular formula is C17H21ClN2O2. The van der Waals surface area contributed by atoms with Crippen molar-refractivity contribution in [1.29, 1.82) is 0 Å². The number of carbonyl (C=O) groups excluding carboxylic acids is 1. The van der Waals surface area contributed by atoms with Crippen LogP contribution in [0.1, 0.15) is 30.7 Å². The molecule has 2 N–H and O–H groups in total. The number of aliphatic hydroxyl groups is 1. The maximum atomic E-state index is 12.1. The summed E-state index contributed by atoms with van der Waals surface area (Å²) in [6, 6.07) is 10.9. The third-order valence-electron chi connectivity index (χ3n) is 3.72. The molecule has 5 heteroatoms. The zero-order valence-electron chi connectivity index (χ0n) is 12.8. The second-order valence-electron chi connectivity index (χ2n) is 5.48. The molecule has 1 heterocycles. The van der Waals surface area contributed by atoms with Crippen LogP contribution in [0.2, 0.25) is 5.02 Å². The van der Waals surface area contributed by atoms with Gasteiger partial charge in [0, 0.05) is 35.6 Å². The molecule has 1 amide bonds. The van der Waals surface area contributed by atoms with Crippen molar-refractivity contribution < 1.29 is 9.90 Å². The molecule has 0 saturated heterocycles. The largest absolute Gasteiger partial charge is 0.378 e. The Morgan fingerprint density at radius 1 is 1.32 bits per heavy atom. The highest BCUT2D eigenvalue weighted by Crippen LogP contribution is 2.22. The summed E-state index contributed by atoms with van der Waals surface area (Å²) in [6.07, 6.45) is 2.43. The Kier molecular flexibility index (Phi) is 5.63. The predicted octanol–water partition coefficient (Wildman–Crippen LogP) is 2.85. The van der Waals surface area contributed by atoms with Crippen LogP contribution in [0.3, 0.4) is 0 Å². The second kappa shape index (κ2) is 7.47. The van der Waals surface area contributed by atoms with Gasteiger partial charge in [-0.1, -0.05) is 29.8 Å². The van der Waals surface area contributed by atoms with Gasteiger partial charge in [-0.05, 0) is 38.0 Å². The Balaban J connectivity index is 1.88. The van der Waals surface area contributed by atoms with Crippen LogP contribution in [-0.4, -0.2) is 21.6 Å². The van der Waals surface area contributed by atoms with Crippen molar-refractivity contribution in [1.82, 2.24) is 9.88 Å². The van der Waals surface area contributed by atoms with Crippen molar-refractivity contribution in [2.45, 2.75) is 31.9 Å². The minimum atomic E-state index is -1.24. The van der Waals surface area contributed by atoms with E-state index in [9.17, 15) is 9.90 Å². The number of hydrogen-bond acceptors (Lipinski definition) is 2. The van der Waals surface area contributed by atoms with E-state index >= 15 is 0 Å². The summed E-state index contributed by atoms with van der Waals surface area (Å²) >= 11 is 6.00. The molecule has 0 saturated carbocycles. The first-order valence-electron chi connectivity index (χ1n) is 7.32. The maximum absolute atomic E-state index is 12.1. The zero-order chi connectivity index (χ0) is 16.1. The summed E-state index contributed by atoms with van der Waals surface area (Å²) in [6.45, 7) is 1.93. The third kappa shape index (κ3) is 4.12. The summed E-state index contributed by atoms with van der Waals surface area (Å²) in [5, 5.41) is 13.3. The molecule has 22 heavy (non-hydrogen) atoms. The fourth-order valence-electron chi connectivity index (χ4n) is 2.35. The van der Waals surface area contributed by atoms with Gasteiger partial charge in [0.1, 0.15) is 0 Å². The Labute approximate surface area is 135 Å². The Morgan fingerprint density at radius 3 is 2.68 bits per heavy atom. The summed E-state index contributed by atoms with van der Waals surface area (Å²) in [5.41, 5.74) is 1.64. The van der Waals surface area contributed by atoms with E-state index in [0.29, 0.717) is 10.6 Å². The number of carbonyl (C=O) groups is 1. The Bertz CT molecular complexity index is 639. The topological polar surface area (TPSA) is 54.3 Å². The first-order chi connectivity index (χ1) is 10.5. The lowest BCUT2D eigenvalue weighted by atomic mass is 10.1. The molecule has 2 aromatic rings. The number of aryl methyl sites for hydroxylation is 2. The van der Waals surface area contributed by atoms with Gasteiger partial charge in [0.15, 0.2) is 6.10 Å². The van der Waals surface area contributed by atoms with Gasteiger partial charge in [-0.3, -0.25) is 4.79 Å². The first-order valence-corrected chi connectivity index (χ1v) is 7.70. The van der Waals surface area contributed by atoms with Crippen molar-refractivity contribution in [2.24, 2.45) is 7.05 Å². The molecule has 1 aromatic heterocycles. The average Bonchev–Trinajstić information content (AvgIpc) is 2.90. The van der Waals surface area contributed by atoms with Gasteiger partial charge in [0.2, 0.25) is 0 Å². The van der Waals surface area contributed by atoms with E-state index in [1.807, 2.05) is 26.2 Å². The molecule has 0 aliphatic carbocycles. The first kappa shape index (κ1) is 16.6. The average molecular weight is 321 g/mol. The number of nitrogens with one attached hydrogen (secondary N) is 1. The quantitative estimate of drug-likeness (QED) is 0.860. The SMILES string of the molecule is CC(CCc1cccn1C)NC(=O)[C@H](O)c1ccccc1Cl. The molecule has 0 spiro atoms. The van der Waals surface area contributed by atoms with Gasteiger partial charge in [0.25, 0.3) is 5.91 Å². The lowest BCUT2D eigenvalue weighted by Gasteiger charge is -2.18. The van der Waals surface area contributed by atoms with Crippen molar-refractivity contribution in [3.05, 3.63) is 58.9 Å². The molecule has 4 nitrogen and oxygen atoms in total. The van der Waals surface area contributed by atoms with Gasteiger partial charge >= 0.3 is 0 Å². The zero-order valence-corrected chi connectivity index (χ0v) is 13.5. The van der Waals surface area contributed by atoms with E-state index in [4.69, 9.17) is 11.6 Å². The highest BCUT2D eigenvalue weighted by Gasteiger charge is 2.21. The number of rotatable bonds is 6. The minimum Gasteiger partial charge on any atom is -0.378 e. The molecule has 1 aromatic carbocycles. The number of aliphatic hydroxyl groups excluding tert-OH is 1. The normalized spacial score (nSPS) is 13.6. The molecule has 2 atom stereocenters. The van der Waals surface area contributed by atoms with Crippen LogP contribution in [0.15, 0.2) is 42.6 Å². The smallest absolute Gasteiger partial charge is 0.253 e. The molecule has 0 bridgehead atoms. The predicted molar refractivity (Wildman–Crippen MR) is 87.8 cm³/mol. The maximum Gasteiger partial charge on any atom is 0.253 e. The van der Waals surface area contributed by atoms with Crippen LogP contribution in [0.5, 0.6) is 0 Å². The van der Waals surface area contributed by atoms with Gasteiger partial charge < -0.3 is 15.0 Å². The van der Waals surface area contributed by atoms with E-state index < -0.39 is 12.0 Å². The Morgan fingerprint density at radius 2 is 2.05 bits per heavy atom. The third-order valence-corrected chi connectivity index (χ3v) is 4.07. The van der Waals surface area contributed by atoms with Gasteiger partial charge in [0.05, 0.1) is 0 Å². The molecule has 0 aliphatic rings. The van der Waals surface area contributed by atoms with Crippen LogP contribution in [0.4, 0.5) is 0 Å². The van der Waals surface area contributed by atoms with Gasteiger partial charge in [-0.2, -0.15) is 0 Å². The van der Waals surface area contributed by atoms with E-state index in [-0.39, 0.29) is 6.04 Å². The number of hydrogen-bond donors (Lipinski definition) is 2. The highest BCUT2D eigenvalue weighted by molar-refractivity contribution is 6.31. The Hall–Kier alpha value is -1.78. The molecule has 2 rings (SSSR count). The molecule has 118 valence electrons. The van der Waals surface area contributed by atoms with Crippen molar-refractivity contribution in [3.63, 3.8) is 0 Å². The fourth-order valence-corrected chi connectivity index (χ4v) is 2.59. The second-order valence-corrected chi connectivity index (χ2v) is 5.89. The summed E-state index contributed by atoms with van der Waals surface area (Å²) in [5.74, 6) is -0.424. The molecule has 1 unspecified atom stereocenters. The van der Waals surface area contributed by atoms with Crippen LogP contribution in [0.25, 0.3) is 0 Å². The van der Waals surface area contributed by atoms with Crippen LogP contribution >= 0.6 is 11.6 Å². The number of halogens is 1. The van der Waals surface area contributed by atoms with Crippen molar-refractivity contribution in [3.8, 4) is 0 Å². The fraction of sp³-hybridized carbons (Fsp3) is 0.353. The van der Waals surface area contributed by atoms with Crippen molar-refractivity contribution in [2.75, 3.05) is 0 Å². The van der Waals surface area contributed by atoms with E-state index in [2.05, 4.69) is 16.0 Å². The summed E-state index contributed by atoms with van der Waals surface area (Å²) in [4.78, 5) is 12.1. The lowest BCUT2D eigenvalue weighted by Crippen LogP contribution is -2.36. The monoisotopic (exact) mass is 320 g/mol. The highest BCUT2D eigenvalue weighted by atomic mass is 35.5. The van der Waals surface area contributed by atoms with E-state index in [0.717, 1.165) is 12.8 Å². The van der Waals surface area contributed by atoms with Gasteiger partial charge in [-0.25, -0.2) is 0 Å². The molecule has 0 aliphatic heterocycles. The number of benzene rings is 1. The molecule has 0 fully saturated rings. The van der Waals surface area contributed by atoms with Crippen molar-refractivity contribution >= 4 is 17.5 Å². The van der Waals surface area contributed by atoms with E-state index in [1.165, 1.54) is 5.69 Å². The number of aromatic nitrogens is 1. The standard InChI is InChI=1S/C17H21ClN2O2/c1-12(9-10-13-6-5-11-20(13)2)19-17(22)16(21)14-7-3-4-8-15(14)18/h3-8,11-12,16,21H,9-10H2,1-2H3,(H,19,22)/t12?,16-/m1/s1. The molecular weight excluding hydrogens is 300 g/mol. The van der Waals surface area contributed by atoms with Gasteiger partial charge in [-0.15, -0.1) is 0 Å². The van der Waals surface area contributed by atoms with Crippen LogP contribution in [-0.2, 0) is 18.3 Å². The minimum absolute atomic E-state index is 0.0282. The molecule has 0 radical (unpaired) electrons. The number of amides is 1. The van der Waals surface area contributed by atoms with Crippen LogP contribution < -0.4 is 5.32 Å². The lowest BCUT2D eigenvalue weighted by molar-refractivity contribution is -0.130. The van der Waals surface area contributed by atoms with Crippen LogP contribution in [0, 0.1) is 0 Å². The summed E-state index contributed by atoms with van der Waals surface area (Å²) in [7, 11) is 2.00. The van der Waals surface area contributed by atoms with E-state index in [1.54, 1.807) is 24.3 Å². The summed E-state index contributed by atoms with van der Waals surface area (Å²) < 4.78 is 2.06.